The Balaban J connectivity index is 2.19. The summed E-state index contributed by atoms with van der Waals surface area (Å²) in [5.41, 5.74) is 0.175. The van der Waals surface area contributed by atoms with Gasteiger partial charge in [-0.1, -0.05) is 12.8 Å². The van der Waals surface area contributed by atoms with E-state index in [9.17, 15) is 17.6 Å². The van der Waals surface area contributed by atoms with Gasteiger partial charge in [-0.05, 0) is 43.4 Å². The lowest BCUT2D eigenvalue weighted by atomic mass is 10.1. The van der Waals surface area contributed by atoms with Crippen LogP contribution in [0.3, 0.4) is 0 Å². The normalized spacial score (nSPS) is 16.1. The molecule has 0 bridgehead atoms. The Morgan fingerprint density at radius 2 is 2.00 bits per heavy atom. The number of amides is 1. The van der Waals surface area contributed by atoms with Crippen LogP contribution in [0.15, 0.2) is 17.0 Å². The van der Waals surface area contributed by atoms with Crippen LogP contribution in [-0.4, -0.2) is 20.9 Å². The van der Waals surface area contributed by atoms with Crippen LogP contribution in [0.25, 0.3) is 0 Å². The molecule has 0 aliphatic heterocycles. The summed E-state index contributed by atoms with van der Waals surface area (Å²) in [7, 11) is 0.968. The van der Waals surface area contributed by atoms with Gasteiger partial charge < -0.3 is 5.32 Å². The molecule has 4 nitrogen and oxygen atoms in total. The van der Waals surface area contributed by atoms with Crippen molar-refractivity contribution in [3.05, 3.63) is 29.1 Å². The highest BCUT2D eigenvalue weighted by atomic mass is 35.7. The van der Waals surface area contributed by atoms with Crippen LogP contribution < -0.4 is 5.32 Å². The van der Waals surface area contributed by atoms with Gasteiger partial charge in [0.05, 0.1) is 0 Å². The number of carbonyl (C=O) groups excluding carboxylic acids is 1. The smallest absolute Gasteiger partial charge is 0.264 e. The van der Waals surface area contributed by atoms with Crippen LogP contribution in [0.5, 0.6) is 0 Å². The predicted molar refractivity (Wildman–Crippen MR) is 78.5 cm³/mol. The third-order valence-corrected chi connectivity index (χ3v) is 5.09. The number of nitrogens with one attached hydrogen (secondary N) is 1. The maximum Gasteiger partial charge on any atom is 0.264 e. The molecule has 1 N–H and O–H groups in total. The zero-order valence-electron chi connectivity index (χ0n) is 11.7. The van der Waals surface area contributed by atoms with E-state index in [4.69, 9.17) is 10.7 Å². The van der Waals surface area contributed by atoms with Gasteiger partial charge in [0.15, 0.2) is 0 Å². The van der Waals surface area contributed by atoms with E-state index in [1.807, 2.05) is 0 Å². The summed E-state index contributed by atoms with van der Waals surface area (Å²) < 4.78 is 36.5. The van der Waals surface area contributed by atoms with Gasteiger partial charge in [-0.15, -0.1) is 0 Å². The van der Waals surface area contributed by atoms with Crippen molar-refractivity contribution in [3.8, 4) is 0 Å². The highest BCUT2D eigenvalue weighted by Gasteiger charge is 2.22. The second-order valence-electron chi connectivity index (χ2n) is 5.40. The van der Waals surface area contributed by atoms with Gasteiger partial charge in [0, 0.05) is 22.8 Å². The lowest BCUT2D eigenvalue weighted by molar-refractivity contribution is 0.0947. The zero-order chi connectivity index (χ0) is 15.6. The summed E-state index contributed by atoms with van der Waals surface area (Å²) in [6, 6.07) is 2.31. The van der Waals surface area contributed by atoms with Crippen molar-refractivity contribution in [1.82, 2.24) is 5.32 Å². The minimum atomic E-state index is -4.23. The first-order chi connectivity index (χ1) is 9.79. The topological polar surface area (TPSA) is 63.2 Å². The average molecular weight is 334 g/mol. The summed E-state index contributed by atoms with van der Waals surface area (Å²) in [6.07, 6.45) is 4.52. The third kappa shape index (κ3) is 3.95. The third-order valence-electron chi connectivity index (χ3n) is 3.77. The monoisotopic (exact) mass is 333 g/mol. The van der Waals surface area contributed by atoms with Crippen molar-refractivity contribution in [2.24, 2.45) is 5.92 Å². The minimum Gasteiger partial charge on any atom is -0.352 e. The molecule has 0 saturated heterocycles. The van der Waals surface area contributed by atoms with Crippen molar-refractivity contribution in [3.63, 3.8) is 0 Å². The molecule has 1 aliphatic rings. The van der Waals surface area contributed by atoms with Crippen LogP contribution in [0.4, 0.5) is 4.39 Å². The molecule has 0 atom stereocenters. The number of rotatable bonds is 4. The Morgan fingerprint density at radius 1 is 1.38 bits per heavy atom. The number of hydrogen-bond acceptors (Lipinski definition) is 3. The van der Waals surface area contributed by atoms with Crippen LogP contribution in [-0.2, 0) is 9.05 Å². The highest BCUT2D eigenvalue weighted by molar-refractivity contribution is 8.13. The van der Waals surface area contributed by atoms with Crippen LogP contribution in [0.2, 0.25) is 0 Å². The Labute approximate surface area is 128 Å². The number of benzene rings is 1. The lowest BCUT2D eigenvalue weighted by Crippen LogP contribution is -2.28. The molecule has 2 rings (SSSR count). The molecule has 7 heteroatoms. The van der Waals surface area contributed by atoms with E-state index in [1.54, 1.807) is 0 Å². The fraction of sp³-hybridized carbons (Fsp3) is 0.500. The van der Waals surface area contributed by atoms with E-state index < -0.39 is 25.7 Å². The fourth-order valence-electron chi connectivity index (χ4n) is 2.60. The first kappa shape index (κ1) is 16.2. The van der Waals surface area contributed by atoms with Crippen molar-refractivity contribution < 1.29 is 17.6 Å². The molecule has 0 radical (unpaired) electrons. The fourth-order valence-corrected chi connectivity index (χ4v) is 3.58. The molecule has 1 aromatic rings. The second kappa shape index (κ2) is 6.32. The summed E-state index contributed by atoms with van der Waals surface area (Å²) in [6.45, 7) is 1.95. The quantitative estimate of drug-likeness (QED) is 0.861. The second-order valence-corrected chi connectivity index (χ2v) is 7.94. The molecular weight excluding hydrogens is 317 g/mol. The van der Waals surface area contributed by atoms with Gasteiger partial charge in [-0.3, -0.25) is 4.79 Å². The molecule has 21 heavy (non-hydrogen) atoms. The summed E-state index contributed by atoms with van der Waals surface area (Å²) >= 11 is 0. The molecule has 116 valence electrons. The minimum absolute atomic E-state index is 0.0720. The first-order valence-corrected chi connectivity index (χ1v) is 9.13. The molecule has 0 heterocycles. The molecule has 0 unspecified atom stereocenters. The van der Waals surface area contributed by atoms with Crippen molar-refractivity contribution in [2.45, 2.75) is 37.5 Å². The van der Waals surface area contributed by atoms with Crippen LogP contribution in [0, 0.1) is 18.7 Å². The Morgan fingerprint density at radius 3 is 2.57 bits per heavy atom. The van der Waals surface area contributed by atoms with Crippen molar-refractivity contribution >= 4 is 25.6 Å². The summed E-state index contributed by atoms with van der Waals surface area (Å²) in [5.74, 6) is -0.865. The van der Waals surface area contributed by atoms with E-state index in [2.05, 4.69) is 5.32 Å². The lowest BCUT2D eigenvalue weighted by Gasteiger charge is -2.12. The molecule has 1 aromatic carbocycles. The highest BCUT2D eigenvalue weighted by Crippen LogP contribution is 2.25. The van der Waals surface area contributed by atoms with Crippen LogP contribution >= 0.6 is 10.7 Å². The van der Waals surface area contributed by atoms with Gasteiger partial charge in [0.25, 0.3) is 15.0 Å². The molecule has 1 fully saturated rings. The SMILES string of the molecule is Cc1cc(C(=O)NCC2CCCC2)cc(S(=O)(=O)Cl)c1F. The zero-order valence-corrected chi connectivity index (χ0v) is 13.2. The molecule has 0 aromatic heterocycles. The van der Waals surface area contributed by atoms with E-state index in [0.717, 1.165) is 18.9 Å². The van der Waals surface area contributed by atoms with Gasteiger partial charge in [-0.2, -0.15) is 0 Å². The summed E-state index contributed by atoms with van der Waals surface area (Å²) in [5, 5.41) is 2.77. The van der Waals surface area contributed by atoms with E-state index in [0.29, 0.717) is 12.5 Å². The Kier molecular flexibility index (Phi) is 4.88. The van der Waals surface area contributed by atoms with Crippen molar-refractivity contribution in [1.29, 1.82) is 0 Å². The molecule has 1 aliphatic carbocycles. The largest absolute Gasteiger partial charge is 0.352 e. The predicted octanol–water partition coefficient (Wildman–Crippen LogP) is 2.98. The first-order valence-electron chi connectivity index (χ1n) is 6.82. The number of aryl methyl sites for hydroxylation is 1. The van der Waals surface area contributed by atoms with E-state index >= 15 is 0 Å². The van der Waals surface area contributed by atoms with E-state index in [-0.39, 0.29) is 11.1 Å². The van der Waals surface area contributed by atoms with E-state index in [1.165, 1.54) is 25.8 Å². The Bertz CT molecular complexity index is 654. The number of halogens is 2. The molecule has 0 spiro atoms. The van der Waals surface area contributed by atoms with Crippen LogP contribution in [0.1, 0.15) is 41.6 Å². The maximum absolute atomic E-state index is 13.8. The average Bonchev–Trinajstić information content (AvgIpc) is 2.90. The molecule has 1 saturated carbocycles. The summed E-state index contributed by atoms with van der Waals surface area (Å²) in [4.78, 5) is 11.4. The van der Waals surface area contributed by atoms with Gasteiger partial charge in [-0.25, -0.2) is 12.8 Å². The maximum atomic E-state index is 13.8. The number of hydrogen-bond donors (Lipinski definition) is 1. The molecule has 1 amide bonds. The van der Waals surface area contributed by atoms with Crippen molar-refractivity contribution in [2.75, 3.05) is 6.54 Å². The Hall–Kier alpha value is -1.14. The van der Waals surface area contributed by atoms with Gasteiger partial charge >= 0.3 is 0 Å². The molecular formula is C14H17ClFNO3S. The van der Waals surface area contributed by atoms with Gasteiger partial charge in [0.2, 0.25) is 0 Å². The standard InChI is InChI=1S/C14H17ClFNO3S/c1-9-6-11(7-12(13(9)16)21(15,19)20)14(18)17-8-10-4-2-3-5-10/h6-7,10H,2-5,8H2,1H3,(H,17,18). The van der Waals surface area contributed by atoms with Gasteiger partial charge in [0.1, 0.15) is 10.7 Å². The number of carbonyl (C=O) groups is 1.